The van der Waals surface area contributed by atoms with Crippen molar-refractivity contribution in [2.24, 2.45) is 5.92 Å². The fraction of sp³-hybridized carbons (Fsp3) is 0.692. The zero-order valence-electron chi connectivity index (χ0n) is 22.1. The number of rotatable bonds is 11. The molecule has 1 aliphatic carbocycles. The van der Waals surface area contributed by atoms with E-state index in [9.17, 15) is 19.2 Å². The minimum atomic E-state index is -1.13. The summed E-state index contributed by atoms with van der Waals surface area (Å²) in [6.45, 7) is 15.2. The maximum atomic E-state index is 13.5. The number of unbranched alkanes of at least 4 members (excludes halogenated alkanes) is 3. The molecule has 36 heavy (non-hydrogen) atoms. The van der Waals surface area contributed by atoms with E-state index >= 15 is 0 Å². The molecule has 0 aromatic carbocycles. The summed E-state index contributed by atoms with van der Waals surface area (Å²) in [5, 5.41) is 4.06. The summed E-state index contributed by atoms with van der Waals surface area (Å²) in [5.74, 6) is -1.12. The summed E-state index contributed by atoms with van der Waals surface area (Å²) >= 11 is 0. The highest BCUT2D eigenvalue weighted by molar-refractivity contribution is 5.95. The Balaban J connectivity index is 2.12. The number of urea groups is 1. The van der Waals surface area contributed by atoms with Crippen LogP contribution in [0.2, 0.25) is 0 Å². The number of hydrazine groups is 1. The summed E-state index contributed by atoms with van der Waals surface area (Å²) in [4.78, 5) is 53.2. The lowest BCUT2D eigenvalue weighted by Gasteiger charge is -2.32. The van der Waals surface area contributed by atoms with Crippen LogP contribution in [0.5, 0.6) is 0 Å². The average Bonchev–Trinajstić information content (AvgIpc) is 3.29. The Morgan fingerprint density at radius 3 is 2.47 bits per heavy atom. The first-order valence-corrected chi connectivity index (χ1v) is 12.8. The van der Waals surface area contributed by atoms with E-state index < -0.39 is 41.2 Å². The lowest BCUT2D eigenvalue weighted by Crippen LogP contribution is -2.58. The highest BCUT2D eigenvalue weighted by Gasteiger charge is 2.61. The van der Waals surface area contributed by atoms with E-state index in [4.69, 9.17) is 9.47 Å². The van der Waals surface area contributed by atoms with Crippen molar-refractivity contribution >= 4 is 24.0 Å². The minimum absolute atomic E-state index is 0.201. The van der Waals surface area contributed by atoms with Crippen LogP contribution in [0.25, 0.3) is 0 Å². The third-order valence-corrected chi connectivity index (χ3v) is 6.23. The van der Waals surface area contributed by atoms with Gasteiger partial charge in [-0.2, -0.15) is 0 Å². The second-order valence-corrected chi connectivity index (χ2v) is 10.3. The fourth-order valence-electron chi connectivity index (χ4n) is 4.33. The molecule has 1 saturated heterocycles. The van der Waals surface area contributed by atoms with Crippen LogP contribution in [-0.2, 0) is 19.1 Å². The van der Waals surface area contributed by atoms with E-state index in [1.165, 1.54) is 9.91 Å². The lowest BCUT2D eigenvalue weighted by atomic mass is 10.1. The molecule has 3 atom stereocenters. The Morgan fingerprint density at radius 2 is 1.89 bits per heavy atom. The number of carbonyl (C=O) groups excluding carboxylic acids is 4. The predicted molar refractivity (Wildman–Crippen MR) is 136 cm³/mol. The molecule has 1 heterocycles. The van der Waals surface area contributed by atoms with Gasteiger partial charge < -0.3 is 19.7 Å². The Labute approximate surface area is 214 Å². The lowest BCUT2D eigenvalue weighted by molar-refractivity contribution is -0.149. The fourth-order valence-corrected chi connectivity index (χ4v) is 4.33. The molecule has 0 bridgehead atoms. The molecule has 202 valence electrons. The number of likely N-dealkylation sites (tertiary alicyclic amines) is 1. The predicted octanol–water partition coefficient (Wildman–Crippen LogP) is 3.68. The van der Waals surface area contributed by atoms with E-state index in [0.29, 0.717) is 32.2 Å². The number of amides is 4. The molecule has 0 spiro atoms. The maximum Gasteiger partial charge on any atom is 0.426 e. The molecule has 1 unspecified atom stereocenters. The first-order valence-electron chi connectivity index (χ1n) is 12.8. The number of esters is 1. The quantitative estimate of drug-likeness (QED) is 0.191. The molecule has 0 radical (unpaired) electrons. The number of hydrogen-bond acceptors (Lipinski definition) is 6. The van der Waals surface area contributed by atoms with Crippen LogP contribution in [0.1, 0.15) is 72.6 Å². The molecule has 4 amide bonds. The van der Waals surface area contributed by atoms with Gasteiger partial charge in [0.25, 0.3) is 0 Å². The number of hydrogen-bond donors (Lipinski definition) is 2. The molecular weight excluding hydrogens is 464 g/mol. The van der Waals surface area contributed by atoms with Gasteiger partial charge >= 0.3 is 18.1 Å². The van der Waals surface area contributed by atoms with Crippen LogP contribution in [0.4, 0.5) is 9.59 Å². The van der Waals surface area contributed by atoms with E-state index in [2.05, 4.69) is 23.9 Å². The van der Waals surface area contributed by atoms with Crippen molar-refractivity contribution in [2.75, 3.05) is 19.7 Å². The molecule has 1 saturated carbocycles. The van der Waals surface area contributed by atoms with Gasteiger partial charge in [0.15, 0.2) is 0 Å². The van der Waals surface area contributed by atoms with Crippen molar-refractivity contribution in [3.05, 3.63) is 25.3 Å². The molecule has 1 aliphatic heterocycles. The third-order valence-electron chi connectivity index (χ3n) is 6.23. The molecular formula is C26H42N4O6. The normalized spacial score (nSPS) is 22.8. The van der Waals surface area contributed by atoms with Gasteiger partial charge in [0, 0.05) is 19.0 Å². The monoisotopic (exact) mass is 506 g/mol. The van der Waals surface area contributed by atoms with Crippen LogP contribution >= 0.6 is 0 Å². The van der Waals surface area contributed by atoms with Gasteiger partial charge in [-0.25, -0.2) is 24.8 Å². The third kappa shape index (κ3) is 7.73. The summed E-state index contributed by atoms with van der Waals surface area (Å²) in [6, 6.07) is -1.25. The van der Waals surface area contributed by atoms with Crippen molar-refractivity contribution in [1.82, 2.24) is 20.7 Å². The van der Waals surface area contributed by atoms with Crippen LogP contribution in [0.15, 0.2) is 25.3 Å². The summed E-state index contributed by atoms with van der Waals surface area (Å²) in [5.41, 5.74) is 0.691. The molecule has 2 rings (SSSR count). The van der Waals surface area contributed by atoms with Gasteiger partial charge in [0.2, 0.25) is 5.91 Å². The molecule has 2 fully saturated rings. The number of carbonyl (C=O) groups is 4. The first-order chi connectivity index (χ1) is 17.0. The zero-order chi connectivity index (χ0) is 26.9. The van der Waals surface area contributed by atoms with Crippen LogP contribution < -0.4 is 10.7 Å². The molecule has 2 N–H and O–H groups in total. The number of allylic oxidation sites excluding steroid dienone is 1. The van der Waals surface area contributed by atoms with Crippen molar-refractivity contribution in [3.63, 3.8) is 0 Å². The zero-order valence-corrected chi connectivity index (χ0v) is 22.1. The topological polar surface area (TPSA) is 117 Å². The number of nitrogens with one attached hydrogen (secondary N) is 2. The van der Waals surface area contributed by atoms with Crippen molar-refractivity contribution in [1.29, 1.82) is 0 Å². The maximum absolute atomic E-state index is 13.5. The molecule has 10 heteroatoms. The summed E-state index contributed by atoms with van der Waals surface area (Å²) in [7, 11) is 0. The van der Waals surface area contributed by atoms with Crippen molar-refractivity contribution in [2.45, 2.75) is 89.8 Å². The highest BCUT2D eigenvalue weighted by atomic mass is 16.6. The molecule has 0 aromatic rings. The Morgan fingerprint density at radius 1 is 1.17 bits per heavy atom. The number of nitrogens with zero attached hydrogens (tertiary/aromatic N) is 2. The second kappa shape index (κ2) is 12.8. The van der Waals surface area contributed by atoms with Crippen LogP contribution in [0.3, 0.4) is 0 Å². The van der Waals surface area contributed by atoms with E-state index in [-0.39, 0.29) is 19.1 Å². The SMILES string of the molecule is C=CCCCCCN(NC(=O)OC(C)(C)C)C(=O)N1CCC[C@H]1C(=O)N[C@]1(C(=O)OCC)CC1C=C. The number of ether oxygens (including phenoxy) is 2. The average molecular weight is 507 g/mol. The van der Waals surface area contributed by atoms with Gasteiger partial charge in [-0.1, -0.05) is 18.6 Å². The Hall–Kier alpha value is -3.04. The van der Waals surface area contributed by atoms with E-state index in [0.717, 1.165) is 19.3 Å². The standard InChI is InChI=1S/C26H42N4O6/c1-7-10-11-12-13-17-30(28-23(33)36-25(4,5)6)24(34)29-16-14-15-20(29)21(31)27-26(18-19(26)8-2)22(32)35-9-3/h7-8,19-20H,1-2,9-18H2,3-6H3,(H,27,31)(H,28,33)/t19?,20-,26+/m0/s1. The Kier molecular flexibility index (Phi) is 10.4. The van der Waals surface area contributed by atoms with Gasteiger partial charge in [-0.3, -0.25) is 4.79 Å². The van der Waals surface area contributed by atoms with Gasteiger partial charge in [0.1, 0.15) is 17.2 Å². The smallest absolute Gasteiger partial charge is 0.426 e. The summed E-state index contributed by atoms with van der Waals surface area (Å²) < 4.78 is 10.5. The molecule has 2 aliphatic rings. The molecule has 0 aromatic heterocycles. The first kappa shape index (κ1) is 29.2. The second-order valence-electron chi connectivity index (χ2n) is 10.3. The van der Waals surface area contributed by atoms with Crippen molar-refractivity contribution < 1.29 is 28.7 Å². The molecule has 10 nitrogen and oxygen atoms in total. The van der Waals surface area contributed by atoms with Crippen LogP contribution in [0, 0.1) is 5.92 Å². The van der Waals surface area contributed by atoms with Gasteiger partial charge in [-0.05, 0) is 66.2 Å². The Bertz CT molecular complexity index is 839. The van der Waals surface area contributed by atoms with Gasteiger partial charge in [0.05, 0.1) is 6.61 Å². The summed E-state index contributed by atoms with van der Waals surface area (Å²) in [6.07, 6.45) is 7.53. The van der Waals surface area contributed by atoms with E-state index in [1.54, 1.807) is 33.8 Å². The van der Waals surface area contributed by atoms with E-state index in [1.807, 2.05) is 6.08 Å². The van der Waals surface area contributed by atoms with Crippen LogP contribution in [-0.4, -0.2) is 70.8 Å². The minimum Gasteiger partial charge on any atom is -0.464 e. The largest absolute Gasteiger partial charge is 0.464 e. The van der Waals surface area contributed by atoms with Crippen molar-refractivity contribution in [3.8, 4) is 0 Å². The van der Waals surface area contributed by atoms with Gasteiger partial charge in [-0.15, -0.1) is 13.2 Å². The highest BCUT2D eigenvalue weighted by Crippen LogP contribution is 2.45.